The maximum absolute atomic E-state index is 12.6. The molecule has 110 valence electrons. The van der Waals surface area contributed by atoms with Crippen molar-refractivity contribution in [1.29, 1.82) is 0 Å². The summed E-state index contributed by atoms with van der Waals surface area (Å²) >= 11 is 9.68. The van der Waals surface area contributed by atoms with E-state index in [1.165, 1.54) is 6.42 Å². The zero-order valence-corrected chi connectivity index (χ0v) is 14.4. The number of nitrogens with one attached hydrogen (secondary N) is 1. The summed E-state index contributed by atoms with van der Waals surface area (Å²) in [5.74, 6) is 1.06. The average molecular weight is 359 g/mol. The van der Waals surface area contributed by atoms with Gasteiger partial charge in [-0.2, -0.15) is 0 Å². The second-order valence-corrected chi connectivity index (χ2v) is 7.07. The summed E-state index contributed by atoms with van der Waals surface area (Å²) < 4.78 is 0.867. The number of hydrogen-bond donors (Lipinski definition) is 1. The van der Waals surface area contributed by atoms with Gasteiger partial charge in [-0.15, -0.1) is 11.6 Å². The number of alkyl halides is 1. The van der Waals surface area contributed by atoms with E-state index in [9.17, 15) is 4.79 Å². The van der Waals surface area contributed by atoms with Crippen molar-refractivity contribution >= 4 is 33.4 Å². The lowest BCUT2D eigenvalue weighted by atomic mass is 9.77. The van der Waals surface area contributed by atoms with E-state index in [1.807, 2.05) is 25.1 Å². The van der Waals surface area contributed by atoms with Crippen molar-refractivity contribution in [3.63, 3.8) is 0 Å². The van der Waals surface area contributed by atoms with Crippen molar-refractivity contribution in [3.8, 4) is 0 Å². The van der Waals surface area contributed by atoms with Gasteiger partial charge in [0.1, 0.15) is 0 Å². The van der Waals surface area contributed by atoms with Crippen LogP contribution in [0, 0.1) is 12.8 Å². The predicted molar refractivity (Wildman–Crippen MR) is 87.4 cm³/mol. The molecule has 2 atom stereocenters. The van der Waals surface area contributed by atoms with Crippen molar-refractivity contribution in [3.05, 3.63) is 33.8 Å². The molecule has 0 aromatic heterocycles. The molecule has 4 heteroatoms. The van der Waals surface area contributed by atoms with E-state index < -0.39 is 0 Å². The Kier molecular flexibility index (Phi) is 5.14. The molecule has 0 aliphatic heterocycles. The fourth-order valence-corrected chi connectivity index (χ4v) is 3.81. The molecule has 0 heterocycles. The standard InChI is InChI=1S/C16H21BrClNO/c1-11-5-4-8-16(9-11,10-18)19-15(20)13-7-3-6-12(2)14(13)17/h3,6-7,11H,4-5,8-10H2,1-2H3,(H,19,20). The Hall–Kier alpha value is -0.540. The molecule has 1 aromatic carbocycles. The fourth-order valence-electron chi connectivity index (χ4n) is 3.06. The summed E-state index contributed by atoms with van der Waals surface area (Å²) in [6.07, 6.45) is 4.29. The normalized spacial score (nSPS) is 26.3. The number of carbonyl (C=O) groups is 1. The van der Waals surface area contributed by atoms with Crippen LogP contribution < -0.4 is 5.32 Å². The van der Waals surface area contributed by atoms with E-state index in [-0.39, 0.29) is 11.4 Å². The quantitative estimate of drug-likeness (QED) is 0.781. The van der Waals surface area contributed by atoms with Crippen LogP contribution in [0.5, 0.6) is 0 Å². The van der Waals surface area contributed by atoms with E-state index in [0.29, 0.717) is 17.4 Å². The van der Waals surface area contributed by atoms with Gasteiger partial charge >= 0.3 is 0 Å². The molecule has 1 aliphatic carbocycles. The number of rotatable bonds is 3. The first kappa shape index (κ1) is 15.8. The Morgan fingerprint density at radius 2 is 2.30 bits per heavy atom. The molecule has 2 rings (SSSR count). The summed E-state index contributed by atoms with van der Waals surface area (Å²) in [6.45, 7) is 4.22. The lowest BCUT2D eigenvalue weighted by molar-refractivity contribution is 0.0866. The number of aryl methyl sites for hydroxylation is 1. The minimum Gasteiger partial charge on any atom is -0.345 e. The zero-order valence-electron chi connectivity index (χ0n) is 12.0. The molecule has 0 radical (unpaired) electrons. The van der Waals surface area contributed by atoms with Crippen molar-refractivity contribution in [2.24, 2.45) is 5.92 Å². The molecule has 2 unspecified atom stereocenters. The van der Waals surface area contributed by atoms with Crippen LogP contribution in [0.4, 0.5) is 0 Å². The van der Waals surface area contributed by atoms with Gasteiger partial charge in [0.05, 0.1) is 11.1 Å². The van der Waals surface area contributed by atoms with Gasteiger partial charge in [0, 0.05) is 10.4 Å². The van der Waals surface area contributed by atoms with Crippen LogP contribution in [-0.2, 0) is 0 Å². The maximum Gasteiger partial charge on any atom is 0.252 e. The van der Waals surface area contributed by atoms with Gasteiger partial charge in [-0.1, -0.05) is 31.9 Å². The third-order valence-electron chi connectivity index (χ3n) is 4.16. The van der Waals surface area contributed by atoms with Crippen molar-refractivity contribution in [2.45, 2.75) is 45.1 Å². The van der Waals surface area contributed by atoms with E-state index in [0.717, 1.165) is 29.3 Å². The second-order valence-electron chi connectivity index (χ2n) is 6.01. The first-order valence-electron chi connectivity index (χ1n) is 7.11. The molecule has 1 fully saturated rings. The number of amides is 1. The molecule has 20 heavy (non-hydrogen) atoms. The molecular weight excluding hydrogens is 338 g/mol. The molecule has 1 N–H and O–H groups in total. The smallest absolute Gasteiger partial charge is 0.252 e. The van der Waals surface area contributed by atoms with Crippen molar-refractivity contribution in [2.75, 3.05) is 5.88 Å². The Balaban J connectivity index is 2.19. The predicted octanol–water partition coefficient (Wildman–Crippen LogP) is 4.68. The molecule has 1 saturated carbocycles. The third kappa shape index (κ3) is 3.37. The van der Waals surface area contributed by atoms with Gasteiger partial charge in [-0.3, -0.25) is 4.79 Å². The third-order valence-corrected chi connectivity index (χ3v) is 5.73. The lowest BCUT2D eigenvalue weighted by Gasteiger charge is -2.39. The highest BCUT2D eigenvalue weighted by atomic mass is 79.9. The number of hydrogen-bond acceptors (Lipinski definition) is 1. The van der Waals surface area contributed by atoms with Crippen LogP contribution in [0.3, 0.4) is 0 Å². The molecule has 0 spiro atoms. The van der Waals surface area contributed by atoms with Crippen LogP contribution in [0.15, 0.2) is 22.7 Å². The monoisotopic (exact) mass is 357 g/mol. The topological polar surface area (TPSA) is 29.1 Å². The van der Waals surface area contributed by atoms with E-state index in [4.69, 9.17) is 11.6 Å². The average Bonchev–Trinajstić information content (AvgIpc) is 2.41. The number of halogens is 2. The molecule has 0 saturated heterocycles. The first-order chi connectivity index (χ1) is 9.47. The maximum atomic E-state index is 12.6. The number of benzene rings is 1. The molecule has 1 aliphatic rings. The van der Waals surface area contributed by atoms with Crippen molar-refractivity contribution in [1.82, 2.24) is 5.32 Å². The highest BCUT2D eigenvalue weighted by Gasteiger charge is 2.36. The minimum atomic E-state index is -0.251. The lowest BCUT2D eigenvalue weighted by Crippen LogP contribution is -2.52. The van der Waals surface area contributed by atoms with Crippen molar-refractivity contribution < 1.29 is 4.79 Å². The molecule has 1 amide bonds. The zero-order chi connectivity index (χ0) is 14.8. The highest BCUT2D eigenvalue weighted by Crippen LogP contribution is 2.34. The van der Waals surface area contributed by atoms with Crippen LogP contribution in [-0.4, -0.2) is 17.3 Å². The van der Waals surface area contributed by atoms with Gasteiger partial charge in [-0.05, 0) is 53.2 Å². The summed E-state index contributed by atoms with van der Waals surface area (Å²) in [4.78, 5) is 12.6. The van der Waals surface area contributed by atoms with Gasteiger partial charge in [-0.25, -0.2) is 0 Å². The van der Waals surface area contributed by atoms with E-state index in [1.54, 1.807) is 0 Å². The van der Waals surface area contributed by atoms with Gasteiger partial charge < -0.3 is 5.32 Å². The van der Waals surface area contributed by atoms with Crippen LogP contribution >= 0.6 is 27.5 Å². The molecule has 2 nitrogen and oxygen atoms in total. The first-order valence-corrected chi connectivity index (χ1v) is 8.44. The minimum absolute atomic E-state index is 0.0321. The summed E-state index contributed by atoms with van der Waals surface area (Å²) in [7, 11) is 0. The summed E-state index contributed by atoms with van der Waals surface area (Å²) in [6, 6.07) is 5.74. The summed E-state index contributed by atoms with van der Waals surface area (Å²) in [5, 5.41) is 3.20. The Labute approximate surface area is 134 Å². The Morgan fingerprint density at radius 1 is 1.55 bits per heavy atom. The van der Waals surface area contributed by atoms with Gasteiger partial charge in [0.15, 0.2) is 0 Å². The molecule has 0 bridgehead atoms. The van der Waals surface area contributed by atoms with Crippen LogP contribution in [0.2, 0.25) is 0 Å². The SMILES string of the molecule is Cc1cccc(C(=O)NC2(CCl)CCCC(C)C2)c1Br. The molecular formula is C16H21BrClNO. The van der Waals surface area contributed by atoms with Gasteiger partial charge in [0.2, 0.25) is 0 Å². The Bertz CT molecular complexity index is 505. The fraction of sp³-hybridized carbons (Fsp3) is 0.562. The van der Waals surface area contributed by atoms with Gasteiger partial charge in [0.25, 0.3) is 5.91 Å². The van der Waals surface area contributed by atoms with E-state index >= 15 is 0 Å². The van der Waals surface area contributed by atoms with E-state index in [2.05, 4.69) is 28.2 Å². The molecule has 1 aromatic rings. The Morgan fingerprint density at radius 3 is 2.95 bits per heavy atom. The van der Waals surface area contributed by atoms with Crippen LogP contribution in [0.1, 0.15) is 48.5 Å². The summed E-state index contributed by atoms with van der Waals surface area (Å²) in [5.41, 5.74) is 1.50. The van der Waals surface area contributed by atoms with Crippen LogP contribution in [0.25, 0.3) is 0 Å². The number of carbonyl (C=O) groups excluding carboxylic acids is 1. The highest BCUT2D eigenvalue weighted by molar-refractivity contribution is 9.10. The second kappa shape index (κ2) is 6.48. The largest absolute Gasteiger partial charge is 0.345 e.